The van der Waals surface area contributed by atoms with E-state index in [2.05, 4.69) is 4.98 Å². The molecule has 24 heavy (non-hydrogen) atoms. The van der Waals surface area contributed by atoms with Gasteiger partial charge in [0.05, 0.1) is 16.6 Å². The fourth-order valence-electron chi connectivity index (χ4n) is 3.02. The fraction of sp³-hybridized carbons (Fsp3) is 0.294. The first kappa shape index (κ1) is 16.6. The van der Waals surface area contributed by atoms with Crippen LogP contribution in [0.4, 0.5) is 0 Å². The number of aromatic nitrogens is 1. The number of aryl methyl sites for hydroxylation is 1. The van der Waals surface area contributed by atoms with E-state index in [-0.39, 0.29) is 16.8 Å². The van der Waals surface area contributed by atoms with Crippen molar-refractivity contribution in [2.45, 2.75) is 30.7 Å². The second-order valence-electron chi connectivity index (χ2n) is 5.93. The van der Waals surface area contributed by atoms with Crippen LogP contribution in [0.2, 0.25) is 0 Å². The quantitative estimate of drug-likeness (QED) is 0.921. The molecule has 1 aliphatic rings. The summed E-state index contributed by atoms with van der Waals surface area (Å²) in [5, 5.41) is 5.09. The van der Waals surface area contributed by atoms with Crippen LogP contribution in [0.25, 0.3) is 0 Å². The van der Waals surface area contributed by atoms with Crippen LogP contribution in [0.5, 0.6) is 0 Å². The molecule has 1 aromatic heterocycles. The van der Waals surface area contributed by atoms with Crippen molar-refractivity contribution in [2.24, 2.45) is 5.14 Å². The maximum absolute atomic E-state index is 12.8. The van der Waals surface area contributed by atoms with Gasteiger partial charge >= 0.3 is 0 Å². The molecule has 1 amide bonds. The highest BCUT2D eigenvalue weighted by Crippen LogP contribution is 2.32. The number of hydrogen-bond acceptors (Lipinski definition) is 4. The van der Waals surface area contributed by atoms with E-state index < -0.39 is 10.0 Å². The Balaban J connectivity index is 1.86. The predicted octanol–water partition coefficient (Wildman–Crippen LogP) is 2.01. The van der Waals surface area contributed by atoms with E-state index in [4.69, 9.17) is 5.14 Å². The number of pyridine rings is 1. The summed E-state index contributed by atoms with van der Waals surface area (Å²) < 4.78 is 22.6. The molecule has 6 nitrogen and oxygen atoms in total. The van der Waals surface area contributed by atoms with Crippen molar-refractivity contribution < 1.29 is 13.2 Å². The predicted molar refractivity (Wildman–Crippen MR) is 89.8 cm³/mol. The lowest BCUT2D eigenvalue weighted by Crippen LogP contribution is -2.31. The van der Waals surface area contributed by atoms with Crippen molar-refractivity contribution in [3.05, 3.63) is 59.4 Å². The second-order valence-corrected chi connectivity index (χ2v) is 7.49. The van der Waals surface area contributed by atoms with Crippen LogP contribution in [-0.2, 0) is 10.0 Å². The molecule has 2 N–H and O–H groups in total. The van der Waals surface area contributed by atoms with Gasteiger partial charge < -0.3 is 4.90 Å². The molecule has 1 saturated heterocycles. The van der Waals surface area contributed by atoms with E-state index in [1.807, 2.05) is 25.1 Å². The van der Waals surface area contributed by atoms with Crippen LogP contribution < -0.4 is 5.14 Å². The summed E-state index contributed by atoms with van der Waals surface area (Å²) in [4.78, 5) is 19.1. The van der Waals surface area contributed by atoms with Gasteiger partial charge in [0.15, 0.2) is 0 Å². The van der Waals surface area contributed by atoms with Gasteiger partial charge in [0, 0.05) is 17.8 Å². The molecular weight excluding hydrogens is 326 g/mol. The highest BCUT2D eigenvalue weighted by atomic mass is 32.2. The van der Waals surface area contributed by atoms with Gasteiger partial charge in [-0.25, -0.2) is 13.6 Å². The Morgan fingerprint density at radius 3 is 2.54 bits per heavy atom. The Kier molecular flexibility index (Phi) is 4.38. The molecule has 1 aromatic carbocycles. The first-order chi connectivity index (χ1) is 11.4. The van der Waals surface area contributed by atoms with Gasteiger partial charge in [-0.3, -0.25) is 9.78 Å². The van der Waals surface area contributed by atoms with Crippen molar-refractivity contribution in [2.75, 3.05) is 6.54 Å². The summed E-state index contributed by atoms with van der Waals surface area (Å²) in [5.41, 5.74) is 2.26. The number of hydrogen-bond donors (Lipinski definition) is 1. The molecule has 0 saturated carbocycles. The molecule has 0 spiro atoms. The Labute approximate surface area is 141 Å². The van der Waals surface area contributed by atoms with Gasteiger partial charge in [0.25, 0.3) is 5.91 Å². The third kappa shape index (κ3) is 3.32. The minimum Gasteiger partial charge on any atom is -0.330 e. The van der Waals surface area contributed by atoms with Crippen LogP contribution in [0.3, 0.4) is 0 Å². The van der Waals surface area contributed by atoms with E-state index in [0.717, 1.165) is 24.2 Å². The standard InChI is InChI=1S/C17H19N3O3S/c1-12-4-2-5-15(19-12)16-6-3-11-20(16)17(21)13-7-9-14(10-8-13)24(18,22)23/h2,4-5,7-10,16H,3,6,11H2,1H3,(H2,18,22,23). The van der Waals surface area contributed by atoms with E-state index in [1.54, 1.807) is 4.90 Å². The Morgan fingerprint density at radius 2 is 1.92 bits per heavy atom. The molecule has 3 rings (SSSR count). The fourth-order valence-corrected chi connectivity index (χ4v) is 3.54. The maximum atomic E-state index is 12.8. The zero-order chi connectivity index (χ0) is 17.3. The monoisotopic (exact) mass is 345 g/mol. The van der Waals surface area contributed by atoms with Crippen LogP contribution >= 0.6 is 0 Å². The highest BCUT2D eigenvalue weighted by molar-refractivity contribution is 7.89. The number of benzene rings is 1. The van der Waals surface area contributed by atoms with Crippen LogP contribution in [0.1, 0.15) is 40.6 Å². The van der Waals surface area contributed by atoms with Gasteiger partial charge in [0.2, 0.25) is 10.0 Å². The van der Waals surface area contributed by atoms with E-state index in [0.29, 0.717) is 12.1 Å². The van der Waals surface area contributed by atoms with E-state index in [1.165, 1.54) is 24.3 Å². The van der Waals surface area contributed by atoms with Crippen LogP contribution in [0, 0.1) is 6.92 Å². The Hall–Kier alpha value is -2.25. The van der Waals surface area contributed by atoms with Crippen LogP contribution in [-0.4, -0.2) is 30.8 Å². The summed E-state index contributed by atoms with van der Waals surface area (Å²) in [5.74, 6) is -0.123. The molecule has 0 radical (unpaired) electrons. The molecule has 0 bridgehead atoms. The molecule has 126 valence electrons. The van der Waals surface area contributed by atoms with E-state index in [9.17, 15) is 13.2 Å². The lowest BCUT2D eigenvalue weighted by molar-refractivity contribution is 0.0732. The third-order valence-electron chi connectivity index (χ3n) is 4.19. The van der Waals surface area contributed by atoms with Crippen molar-refractivity contribution in [3.8, 4) is 0 Å². The molecule has 2 heterocycles. The van der Waals surface area contributed by atoms with Gasteiger partial charge in [-0.1, -0.05) is 6.07 Å². The summed E-state index contributed by atoms with van der Waals surface area (Å²) in [6, 6.07) is 11.5. The number of sulfonamides is 1. The first-order valence-corrected chi connectivity index (χ1v) is 9.28. The summed E-state index contributed by atoms with van der Waals surface area (Å²) in [6.07, 6.45) is 1.79. The third-order valence-corrected chi connectivity index (χ3v) is 5.12. The first-order valence-electron chi connectivity index (χ1n) is 7.73. The Bertz CT molecular complexity index is 863. The second kappa shape index (κ2) is 6.33. The minimum absolute atomic E-state index is 0.00243. The number of likely N-dealkylation sites (tertiary alicyclic amines) is 1. The highest BCUT2D eigenvalue weighted by Gasteiger charge is 2.31. The minimum atomic E-state index is -3.76. The Morgan fingerprint density at radius 1 is 1.21 bits per heavy atom. The molecule has 1 aliphatic heterocycles. The number of carbonyl (C=O) groups is 1. The number of amides is 1. The average molecular weight is 345 g/mol. The van der Waals surface area contributed by atoms with Gasteiger partial charge in [-0.15, -0.1) is 0 Å². The largest absolute Gasteiger partial charge is 0.330 e. The van der Waals surface area contributed by atoms with E-state index >= 15 is 0 Å². The molecule has 0 aliphatic carbocycles. The number of rotatable bonds is 3. The van der Waals surface area contributed by atoms with Gasteiger partial charge in [-0.05, 0) is 56.2 Å². The summed E-state index contributed by atoms with van der Waals surface area (Å²) >= 11 is 0. The summed E-state index contributed by atoms with van der Waals surface area (Å²) in [7, 11) is -3.76. The van der Waals surface area contributed by atoms with Crippen molar-refractivity contribution in [3.63, 3.8) is 0 Å². The lowest BCUT2D eigenvalue weighted by atomic mass is 10.1. The molecule has 1 atom stereocenters. The van der Waals surface area contributed by atoms with Gasteiger partial charge in [-0.2, -0.15) is 0 Å². The van der Waals surface area contributed by atoms with Crippen molar-refractivity contribution in [1.82, 2.24) is 9.88 Å². The topological polar surface area (TPSA) is 93.4 Å². The SMILES string of the molecule is Cc1cccc(C2CCCN2C(=O)c2ccc(S(N)(=O)=O)cc2)n1. The smallest absolute Gasteiger partial charge is 0.254 e. The molecule has 7 heteroatoms. The molecule has 2 aromatic rings. The number of carbonyl (C=O) groups excluding carboxylic acids is 1. The molecular formula is C17H19N3O3S. The maximum Gasteiger partial charge on any atom is 0.254 e. The molecule has 1 unspecified atom stereocenters. The molecule has 1 fully saturated rings. The number of nitrogens with two attached hydrogens (primary N) is 1. The normalized spacial score (nSPS) is 17.9. The van der Waals surface area contributed by atoms with Gasteiger partial charge in [0.1, 0.15) is 0 Å². The van der Waals surface area contributed by atoms with Crippen LogP contribution in [0.15, 0.2) is 47.4 Å². The average Bonchev–Trinajstić information content (AvgIpc) is 3.03. The summed E-state index contributed by atoms with van der Waals surface area (Å²) in [6.45, 7) is 2.59. The van der Waals surface area contributed by atoms with Crippen molar-refractivity contribution in [1.29, 1.82) is 0 Å². The zero-order valence-corrected chi connectivity index (χ0v) is 14.2. The number of nitrogens with zero attached hydrogens (tertiary/aromatic N) is 2. The zero-order valence-electron chi connectivity index (χ0n) is 13.3. The number of primary sulfonamides is 1. The van der Waals surface area contributed by atoms with Crippen molar-refractivity contribution >= 4 is 15.9 Å². The lowest BCUT2D eigenvalue weighted by Gasteiger charge is -2.24.